The third-order valence-corrected chi connectivity index (χ3v) is 8.42. The van der Waals surface area contributed by atoms with E-state index in [0.29, 0.717) is 12.0 Å². The summed E-state index contributed by atoms with van der Waals surface area (Å²) >= 11 is 0. The molecule has 3 aromatic rings. The molecule has 0 amide bonds. The molecule has 0 spiro atoms. The van der Waals surface area contributed by atoms with Crippen molar-refractivity contribution in [3.05, 3.63) is 42.2 Å². The number of aryl methyl sites for hydroxylation is 1. The fourth-order valence-electron chi connectivity index (χ4n) is 5.85. The van der Waals surface area contributed by atoms with Gasteiger partial charge in [0.2, 0.25) is 0 Å². The molecule has 3 fully saturated rings. The highest BCUT2D eigenvalue weighted by Gasteiger charge is 2.29. The standard InChI is InChI=1S/C30H42N6O/c1-22(2)35-12-14-36(15-13-35)26-8-6-23(7-9-26)25-20-27(31-10-11-34-16-18-37-19-17-34)29-28(21-25)33(3)30(32-29)24-4-5-24/h6-9,20-22,24,31H,4-5,10-19H2,1-3H3. The van der Waals surface area contributed by atoms with Crippen LogP contribution >= 0.6 is 0 Å². The van der Waals surface area contributed by atoms with Crippen LogP contribution in [-0.2, 0) is 11.8 Å². The molecule has 0 bridgehead atoms. The molecule has 7 nitrogen and oxygen atoms in total. The Bertz CT molecular complexity index is 1200. The Labute approximate surface area is 221 Å². The Hall–Kier alpha value is -2.61. The molecule has 1 saturated carbocycles. The SMILES string of the molecule is CC(C)N1CCN(c2ccc(-c3cc(NCCN4CCOCC4)c4nc(C5CC5)n(C)c4c3)cc2)CC1. The van der Waals surface area contributed by atoms with Gasteiger partial charge in [-0.3, -0.25) is 9.80 Å². The molecule has 1 N–H and O–H groups in total. The van der Waals surface area contributed by atoms with Gasteiger partial charge in [0, 0.05) is 77.1 Å². The zero-order chi connectivity index (χ0) is 25.4. The van der Waals surface area contributed by atoms with Gasteiger partial charge >= 0.3 is 0 Å². The summed E-state index contributed by atoms with van der Waals surface area (Å²) in [5.74, 6) is 1.86. The topological polar surface area (TPSA) is 48.8 Å². The molecule has 0 radical (unpaired) electrons. The largest absolute Gasteiger partial charge is 0.382 e. The van der Waals surface area contributed by atoms with E-state index in [-0.39, 0.29) is 0 Å². The number of piperazine rings is 1. The second-order valence-electron chi connectivity index (χ2n) is 11.2. The smallest absolute Gasteiger partial charge is 0.112 e. The predicted molar refractivity (Wildman–Crippen MR) is 153 cm³/mol. The lowest BCUT2D eigenvalue weighted by atomic mass is 10.0. The fourth-order valence-corrected chi connectivity index (χ4v) is 5.85. The molecule has 3 heterocycles. The number of rotatable bonds is 8. The highest BCUT2D eigenvalue weighted by atomic mass is 16.5. The second-order valence-corrected chi connectivity index (χ2v) is 11.2. The average molecular weight is 503 g/mol. The van der Waals surface area contributed by atoms with Crippen LogP contribution in [0.25, 0.3) is 22.2 Å². The summed E-state index contributed by atoms with van der Waals surface area (Å²) < 4.78 is 7.84. The molecule has 7 heteroatoms. The van der Waals surface area contributed by atoms with Gasteiger partial charge in [0.25, 0.3) is 0 Å². The van der Waals surface area contributed by atoms with E-state index in [2.05, 4.69) is 81.9 Å². The lowest BCUT2D eigenvalue weighted by Gasteiger charge is -2.38. The number of imidazole rings is 1. The van der Waals surface area contributed by atoms with E-state index in [1.807, 2.05) is 0 Å². The van der Waals surface area contributed by atoms with Crippen molar-refractivity contribution < 1.29 is 4.74 Å². The zero-order valence-corrected chi connectivity index (χ0v) is 22.7. The molecule has 1 aliphatic carbocycles. The molecule has 2 saturated heterocycles. The van der Waals surface area contributed by atoms with Crippen LogP contribution in [0.1, 0.15) is 38.4 Å². The number of fused-ring (bicyclic) bond motifs is 1. The van der Waals surface area contributed by atoms with Gasteiger partial charge in [-0.25, -0.2) is 4.98 Å². The van der Waals surface area contributed by atoms with Crippen LogP contribution in [0.15, 0.2) is 36.4 Å². The van der Waals surface area contributed by atoms with Crippen LogP contribution in [0.4, 0.5) is 11.4 Å². The first-order valence-corrected chi connectivity index (χ1v) is 14.2. The molecule has 2 aliphatic heterocycles. The molecule has 37 heavy (non-hydrogen) atoms. The van der Waals surface area contributed by atoms with E-state index in [4.69, 9.17) is 9.72 Å². The number of morpholine rings is 1. The van der Waals surface area contributed by atoms with Crippen molar-refractivity contribution in [2.45, 2.75) is 38.6 Å². The quantitative estimate of drug-likeness (QED) is 0.493. The summed E-state index contributed by atoms with van der Waals surface area (Å²) in [6.07, 6.45) is 2.52. The molecular weight excluding hydrogens is 460 g/mol. The van der Waals surface area contributed by atoms with E-state index in [1.165, 1.54) is 41.0 Å². The number of anilines is 2. The van der Waals surface area contributed by atoms with Crippen LogP contribution in [0.2, 0.25) is 0 Å². The Balaban J connectivity index is 1.23. The third-order valence-electron chi connectivity index (χ3n) is 8.42. The number of hydrogen-bond donors (Lipinski definition) is 1. The van der Waals surface area contributed by atoms with Gasteiger partial charge in [0.05, 0.1) is 24.4 Å². The number of nitrogens with zero attached hydrogens (tertiary/aromatic N) is 5. The highest BCUT2D eigenvalue weighted by Crippen LogP contribution is 2.42. The lowest BCUT2D eigenvalue weighted by Crippen LogP contribution is -2.48. The normalized spacial score (nSPS) is 19.7. The first kappa shape index (κ1) is 24.7. The fraction of sp³-hybridized carbons (Fsp3) is 0.567. The van der Waals surface area contributed by atoms with Gasteiger partial charge in [-0.1, -0.05) is 12.1 Å². The molecule has 6 rings (SSSR count). The molecule has 3 aliphatic rings. The van der Waals surface area contributed by atoms with E-state index < -0.39 is 0 Å². The van der Waals surface area contributed by atoms with Gasteiger partial charge < -0.3 is 19.5 Å². The van der Waals surface area contributed by atoms with E-state index in [9.17, 15) is 0 Å². The molecule has 198 valence electrons. The first-order valence-electron chi connectivity index (χ1n) is 14.2. The maximum atomic E-state index is 5.51. The Morgan fingerprint density at radius 2 is 1.68 bits per heavy atom. The number of nitrogens with one attached hydrogen (secondary N) is 1. The molecule has 0 atom stereocenters. The van der Waals surface area contributed by atoms with Crippen LogP contribution < -0.4 is 10.2 Å². The monoisotopic (exact) mass is 502 g/mol. The van der Waals surface area contributed by atoms with Crippen molar-refractivity contribution in [1.29, 1.82) is 0 Å². The van der Waals surface area contributed by atoms with Crippen LogP contribution in [0, 0.1) is 0 Å². The summed E-state index contributed by atoms with van der Waals surface area (Å²) in [5.41, 5.74) is 7.32. The van der Waals surface area contributed by atoms with Gasteiger partial charge in [-0.15, -0.1) is 0 Å². The van der Waals surface area contributed by atoms with Gasteiger partial charge in [0.15, 0.2) is 0 Å². The Kier molecular flexibility index (Phi) is 7.10. The molecule has 2 aromatic carbocycles. The number of aromatic nitrogens is 2. The lowest BCUT2D eigenvalue weighted by molar-refractivity contribution is 0.0398. The van der Waals surface area contributed by atoms with Gasteiger partial charge in [-0.05, 0) is 62.1 Å². The first-order chi connectivity index (χ1) is 18.1. The summed E-state index contributed by atoms with van der Waals surface area (Å²) in [6.45, 7) is 14.7. The summed E-state index contributed by atoms with van der Waals surface area (Å²) in [4.78, 5) is 12.7. The van der Waals surface area contributed by atoms with Crippen molar-refractivity contribution in [1.82, 2.24) is 19.4 Å². The predicted octanol–water partition coefficient (Wildman–Crippen LogP) is 4.39. The number of benzene rings is 2. The summed E-state index contributed by atoms with van der Waals surface area (Å²) in [5, 5.41) is 3.75. The minimum atomic E-state index is 0.623. The second kappa shape index (κ2) is 10.6. The van der Waals surface area contributed by atoms with Crippen molar-refractivity contribution in [2.24, 2.45) is 7.05 Å². The van der Waals surface area contributed by atoms with Crippen molar-refractivity contribution in [3.8, 4) is 11.1 Å². The highest BCUT2D eigenvalue weighted by molar-refractivity contribution is 5.94. The summed E-state index contributed by atoms with van der Waals surface area (Å²) in [6, 6.07) is 14.5. The Morgan fingerprint density at radius 1 is 0.946 bits per heavy atom. The van der Waals surface area contributed by atoms with Crippen LogP contribution in [0.5, 0.6) is 0 Å². The van der Waals surface area contributed by atoms with Gasteiger partial charge in [0.1, 0.15) is 11.3 Å². The van der Waals surface area contributed by atoms with E-state index >= 15 is 0 Å². The Morgan fingerprint density at radius 3 is 2.35 bits per heavy atom. The maximum Gasteiger partial charge on any atom is 0.112 e. The third kappa shape index (κ3) is 5.35. The number of hydrogen-bond acceptors (Lipinski definition) is 6. The minimum absolute atomic E-state index is 0.623. The minimum Gasteiger partial charge on any atom is -0.382 e. The number of ether oxygens (including phenoxy) is 1. The van der Waals surface area contributed by atoms with Crippen molar-refractivity contribution in [2.75, 3.05) is 75.8 Å². The van der Waals surface area contributed by atoms with Crippen LogP contribution in [-0.4, -0.2) is 91.0 Å². The van der Waals surface area contributed by atoms with E-state index in [0.717, 1.165) is 76.8 Å². The zero-order valence-electron chi connectivity index (χ0n) is 22.7. The molecular formula is C30H42N6O. The van der Waals surface area contributed by atoms with Crippen molar-refractivity contribution in [3.63, 3.8) is 0 Å². The molecule has 1 aromatic heterocycles. The van der Waals surface area contributed by atoms with Crippen molar-refractivity contribution >= 4 is 22.4 Å². The van der Waals surface area contributed by atoms with Crippen LogP contribution in [0.3, 0.4) is 0 Å². The summed E-state index contributed by atoms with van der Waals surface area (Å²) in [7, 11) is 2.18. The maximum absolute atomic E-state index is 5.51. The van der Waals surface area contributed by atoms with Gasteiger partial charge in [-0.2, -0.15) is 0 Å². The average Bonchev–Trinajstić information content (AvgIpc) is 3.72. The molecule has 0 unspecified atom stereocenters. The van der Waals surface area contributed by atoms with E-state index in [1.54, 1.807) is 0 Å².